The van der Waals surface area contributed by atoms with E-state index < -0.39 is 0 Å². The summed E-state index contributed by atoms with van der Waals surface area (Å²) in [5.74, 6) is 0.505. The van der Waals surface area contributed by atoms with Crippen LogP contribution < -0.4 is 15.6 Å². The predicted octanol–water partition coefficient (Wildman–Crippen LogP) is 1.32. The molecule has 0 saturated heterocycles. The lowest BCUT2D eigenvalue weighted by molar-refractivity contribution is 0.0950. The lowest BCUT2D eigenvalue weighted by Crippen LogP contribution is -2.25. The number of benzene rings is 1. The maximum atomic E-state index is 11.9. The predicted molar refractivity (Wildman–Crippen MR) is 75.8 cm³/mol. The summed E-state index contributed by atoms with van der Waals surface area (Å²) in [6.45, 7) is 0.401. The molecular formula is C15H16N2O3. The van der Waals surface area contributed by atoms with Crippen LogP contribution in [0.3, 0.4) is 0 Å². The molecule has 0 radical (unpaired) electrons. The van der Waals surface area contributed by atoms with E-state index in [1.165, 1.54) is 10.6 Å². The van der Waals surface area contributed by atoms with Crippen molar-refractivity contribution >= 4 is 5.91 Å². The molecule has 0 bridgehead atoms. The smallest absolute Gasteiger partial charge is 0.251 e. The topological polar surface area (TPSA) is 60.3 Å². The van der Waals surface area contributed by atoms with Crippen LogP contribution in [0.2, 0.25) is 0 Å². The summed E-state index contributed by atoms with van der Waals surface area (Å²) in [5, 5.41) is 2.77. The van der Waals surface area contributed by atoms with Gasteiger partial charge in [-0.05, 0) is 23.8 Å². The van der Waals surface area contributed by atoms with Gasteiger partial charge in [0.1, 0.15) is 5.75 Å². The number of carbonyl (C=O) groups excluding carboxylic acids is 1. The number of hydrogen-bond donors (Lipinski definition) is 1. The molecule has 0 aliphatic carbocycles. The number of carbonyl (C=O) groups is 1. The van der Waals surface area contributed by atoms with Gasteiger partial charge in [0.15, 0.2) is 0 Å². The molecule has 1 aromatic heterocycles. The lowest BCUT2D eigenvalue weighted by Gasteiger charge is -2.06. The van der Waals surface area contributed by atoms with Crippen molar-refractivity contribution in [2.24, 2.45) is 7.05 Å². The molecule has 1 N–H and O–H groups in total. The van der Waals surface area contributed by atoms with Gasteiger partial charge in [0.2, 0.25) is 0 Å². The molecule has 5 heteroatoms. The van der Waals surface area contributed by atoms with Crippen LogP contribution in [-0.4, -0.2) is 17.6 Å². The Morgan fingerprint density at radius 3 is 2.55 bits per heavy atom. The average molecular weight is 272 g/mol. The van der Waals surface area contributed by atoms with E-state index in [4.69, 9.17) is 4.74 Å². The van der Waals surface area contributed by atoms with Gasteiger partial charge >= 0.3 is 0 Å². The highest BCUT2D eigenvalue weighted by Crippen LogP contribution is 2.11. The molecule has 0 unspecified atom stereocenters. The van der Waals surface area contributed by atoms with Crippen LogP contribution in [0.4, 0.5) is 0 Å². The van der Waals surface area contributed by atoms with Gasteiger partial charge in [0.05, 0.1) is 7.11 Å². The third-order valence-corrected chi connectivity index (χ3v) is 2.98. The monoisotopic (exact) mass is 272 g/mol. The fourth-order valence-electron chi connectivity index (χ4n) is 1.72. The van der Waals surface area contributed by atoms with Crippen LogP contribution in [0.5, 0.6) is 5.75 Å². The number of methoxy groups -OCH3 is 1. The first-order valence-corrected chi connectivity index (χ1v) is 6.18. The molecule has 0 aliphatic heterocycles. The quantitative estimate of drug-likeness (QED) is 0.913. The molecule has 2 rings (SSSR count). The Kier molecular flexibility index (Phi) is 4.20. The summed E-state index contributed by atoms with van der Waals surface area (Å²) >= 11 is 0. The second-order valence-electron chi connectivity index (χ2n) is 4.40. The van der Waals surface area contributed by atoms with Crippen molar-refractivity contribution in [2.45, 2.75) is 6.54 Å². The number of nitrogens with one attached hydrogen (secondary N) is 1. The van der Waals surface area contributed by atoms with E-state index in [-0.39, 0.29) is 11.5 Å². The highest BCUT2D eigenvalue weighted by atomic mass is 16.5. The van der Waals surface area contributed by atoms with E-state index in [2.05, 4.69) is 5.32 Å². The van der Waals surface area contributed by atoms with E-state index >= 15 is 0 Å². The standard InChI is InChI=1S/C15H16N2O3/c1-17-8-7-12(9-14(17)18)15(19)16-10-11-3-5-13(20-2)6-4-11/h3-9H,10H2,1-2H3,(H,16,19). The van der Waals surface area contributed by atoms with E-state index in [9.17, 15) is 9.59 Å². The van der Waals surface area contributed by atoms with Crippen LogP contribution in [0, 0.1) is 0 Å². The van der Waals surface area contributed by atoms with Gasteiger partial charge in [-0.2, -0.15) is 0 Å². The van der Waals surface area contributed by atoms with Gasteiger partial charge < -0.3 is 14.6 Å². The zero-order valence-electron chi connectivity index (χ0n) is 11.4. The number of amides is 1. The summed E-state index contributed by atoms with van der Waals surface area (Å²) in [6, 6.07) is 10.4. The molecule has 0 aliphatic rings. The minimum atomic E-state index is -0.265. The molecule has 2 aromatic rings. The van der Waals surface area contributed by atoms with Crippen molar-refractivity contribution in [3.8, 4) is 5.75 Å². The molecule has 0 saturated carbocycles. The second-order valence-corrected chi connectivity index (χ2v) is 4.40. The first kappa shape index (κ1) is 13.9. The first-order valence-electron chi connectivity index (χ1n) is 6.18. The normalized spacial score (nSPS) is 10.1. The maximum Gasteiger partial charge on any atom is 0.251 e. The largest absolute Gasteiger partial charge is 0.497 e. The number of hydrogen-bond acceptors (Lipinski definition) is 3. The Bertz CT molecular complexity index is 660. The van der Waals surface area contributed by atoms with Gasteiger partial charge in [0.25, 0.3) is 11.5 Å². The SMILES string of the molecule is COc1ccc(CNC(=O)c2ccn(C)c(=O)c2)cc1. The summed E-state index contributed by atoms with van der Waals surface area (Å²) in [4.78, 5) is 23.4. The summed E-state index contributed by atoms with van der Waals surface area (Å²) in [5.41, 5.74) is 1.12. The minimum absolute atomic E-state index is 0.206. The molecule has 0 spiro atoms. The van der Waals surface area contributed by atoms with Gasteiger partial charge in [-0.3, -0.25) is 9.59 Å². The number of ether oxygens (including phenoxy) is 1. The highest BCUT2D eigenvalue weighted by Gasteiger charge is 2.06. The Labute approximate surface area is 116 Å². The van der Waals surface area contributed by atoms with Crippen LogP contribution in [0.1, 0.15) is 15.9 Å². The molecule has 5 nitrogen and oxygen atoms in total. The average Bonchev–Trinajstić information content (AvgIpc) is 2.48. The summed E-state index contributed by atoms with van der Waals surface area (Å²) < 4.78 is 6.48. The second kappa shape index (κ2) is 6.06. The van der Waals surface area contributed by atoms with Gasteiger partial charge in [-0.1, -0.05) is 12.1 Å². The molecule has 1 heterocycles. The fraction of sp³-hybridized carbons (Fsp3) is 0.200. The number of rotatable bonds is 4. The van der Waals surface area contributed by atoms with Crippen molar-refractivity contribution in [3.63, 3.8) is 0 Å². The molecule has 1 amide bonds. The number of pyridine rings is 1. The first-order chi connectivity index (χ1) is 9.60. The third kappa shape index (κ3) is 3.26. The molecule has 20 heavy (non-hydrogen) atoms. The summed E-state index contributed by atoms with van der Waals surface area (Å²) in [7, 11) is 3.24. The van der Waals surface area contributed by atoms with E-state index in [1.807, 2.05) is 24.3 Å². The van der Waals surface area contributed by atoms with Crippen LogP contribution in [0.15, 0.2) is 47.4 Å². The number of aryl methyl sites for hydroxylation is 1. The Hall–Kier alpha value is -2.56. The Morgan fingerprint density at radius 2 is 1.95 bits per heavy atom. The van der Waals surface area contributed by atoms with E-state index in [0.29, 0.717) is 12.1 Å². The molecule has 1 aromatic carbocycles. The van der Waals surface area contributed by atoms with Crippen molar-refractivity contribution in [1.29, 1.82) is 0 Å². The van der Waals surface area contributed by atoms with Crippen LogP contribution >= 0.6 is 0 Å². The molecule has 0 fully saturated rings. The minimum Gasteiger partial charge on any atom is -0.497 e. The van der Waals surface area contributed by atoms with Gasteiger partial charge in [-0.25, -0.2) is 0 Å². The Balaban J connectivity index is 2.00. The van der Waals surface area contributed by atoms with Crippen molar-refractivity contribution in [2.75, 3.05) is 7.11 Å². The lowest BCUT2D eigenvalue weighted by atomic mass is 10.2. The molecular weight excluding hydrogens is 256 g/mol. The van der Waals surface area contributed by atoms with Crippen molar-refractivity contribution in [1.82, 2.24) is 9.88 Å². The van der Waals surface area contributed by atoms with Gasteiger partial charge in [-0.15, -0.1) is 0 Å². The fourth-order valence-corrected chi connectivity index (χ4v) is 1.72. The van der Waals surface area contributed by atoms with Crippen molar-refractivity contribution < 1.29 is 9.53 Å². The zero-order chi connectivity index (χ0) is 14.5. The van der Waals surface area contributed by atoms with E-state index in [0.717, 1.165) is 11.3 Å². The summed E-state index contributed by atoms with van der Waals surface area (Å²) in [6.07, 6.45) is 1.57. The molecule has 104 valence electrons. The third-order valence-electron chi connectivity index (χ3n) is 2.98. The van der Waals surface area contributed by atoms with Crippen LogP contribution in [0.25, 0.3) is 0 Å². The molecule has 0 atom stereocenters. The van der Waals surface area contributed by atoms with Crippen LogP contribution in [-0.2, 0) is 13.6 Å². The van der Waals surface area contributed by atoms with E-state index in [1.54, 1.807) is 26.4 Å². The van der Waals surface area contributed by atoms with Crippen molar-refractivity contribution in [3.05, 3.63) is 64.1 Å². The highest BCUT2D eigenvalue weighted by molar-refractivity contribution is 5.93. The number of nitrogens with zero attached hydrogens (tertiary/aromatic N) is 1. The Morgan fingerprint density at radius 1 is 1.25 bits per heavy atom. The van der Waals surface area contributed by atoms with Gasteiger partial charge in [0, 0.05) is 31.4 Å². The maximum absolute atomic E-state index is 11.9. The zero-order valence-corrected chi connectivity index (χ0v) is 11.4. The number of aromatic nitrogens is 1.